The van der Waals surface area contributed by atoms with Crippen molar-refractivity contribution in [1.82, 2.24) is 9.78 Å². The molecule has 142 valence electrons. The number of nitrogens with one attached hydrogen (secondary N) is 1. The van der Waals surface area contributed by atoms with E-state index in [1.54, 1.807) is 11.3 Å². The summed E-state index contributed by atoms with van der Waals surface area (Å²) in [6, 6.07) is 15.4. The van der Waals surface area contributed by atoms with Crippen molar-refractivity contribution < 1.29 is 4.79 Å². The highest BCUT2D eigenvalue weighted by Gasteiger charge is 2.14. The summed E-state index contributed by atoms with van der Waals surface area (Å²) in [5.41, 5.74) is 1.49. The van der Waals surface area contributed by atoms with Crippen molar-refractivity contribution in [2.24, 2.45) is 0 Å². The summed E-state index contributed by atoms with van der Waals surface area (Å²) in [6.45, 7) is 2.33. The number of para-hydroxylation sites is 1. The van der Waals surface area contributed by atoms with Gasteiger partial charge in [0.15, 0.2) is 0 Å². The molecule has 0 radical (unpaired) electrons. The zero-order valence-corrected chi connectivity index (χ0v) is 17.6. The van der Waals surface area contributed by atoms with E-state index in [1.807, 2.05) is 55.5 Å². The molecule has 4 rings (SSSR count). The zero-order valence-electron chi connectivity index (χ0n) is 15.2. The van der Waals surface area contributed by atoms with Gasteiger partial charge in [-0.05, 0) is 47.5 Å². The van der Waals surface area contributed by atoms with Gasteiger partial charge in [0.2, 0.25) is 5.91 Å². The Morgan fingerprint density at radius 2 is 1.93 bits per heavy atom. The van der Waals surface area contributed by atoms with Crippen LogP contribution in [0.2, 0.25) is 0 Å². The summed E-state index contributed by atoms with van der Waals surface area (Å²) < 4.78 is 4.36. The summed E-state index contributed by atoms with van der Waals surface area (Å²) in [5, 5.41) is 9.04. The van der Waals surface area contributed by atoms with E-state index in [9.17, 15) is 9.59 Å². The lowest BCUT2D eigenvalue weighted by molar-refractivity contribution is -0.116. The number of aromatic nitrogens is 2. The van der Waals surface area contributed by atoms with Crippen LogP contribution in [0, 0.1) is 6.92 Å². The van der Waals surface area contributed by atoms with Crippen LogP contribution in [-0.2, 0) is 11.3 Å². The molecule has 7 heteroatoms. The van der Waals surface area contributed by atoms with Gasteiger partial charge in [0.05, 0.1) is 21.5 Å². The smallest absolute Gasteiger partial charge is 0.276 e. The van der Waals surface area contributed by atoms with Crippen LogP contribution in [-0.4, -0.2) is 15.7 Å². The molecule has 0 aliphatic heterocycles. The Morgan fingerprint density at radius 1 is 1.18 bits per heavy atom. The zero-order chi connectivity index (χ0) is 19.7. The Balaban J connectivity index is 1.51. The van der Waals surface area contributed by atoms with Crippen LogP contribution in [0.1, 0.15) is 18.5 Å². The molecule has 2 aromatic heterocycles. The van der Waals surface area contributed by atoms with E-state index in [1.165, 1.54) is 4.68 Å². The number of anilines is 1. The standard InChI is InChI=1S/C21H18BrN3O2S/c1-13-20-19(14-7-2-5-10-17(14)28-20)21(27)25(24-13)12-6-11-18(26)23-16-9-4-3-8-15(16)22/h2-5,7-10H,6,11-12H2,1H3,(H,23,26). The van der Waals surface area contributed by atoms with E-state index in [-0.39, 0.29) is 11.5 Å². The average molecular weight is 456 g/mol. The third kappa shape index (κ3) is 3.59. The van der Waals surface area contributed by atoms with Gasteiger partial charge in [-0.25, -0.2) is 4.68 Å². The highest BCUT2D eigenvalue weighted by Crippen LogP contribution is 2.32. The highest BCUT2D eigenvalue weighted by atomic mass is 79.9. The second kappa shape index (κ2) is 7.85. The number of thiophene rings is 1. The second-order valence-corrected chi connectivity index (χ2v) is 8.45. The Labute approximate surface area is 174 Å². The third-order valence-corrected chi connectivity index (χ3v) is 6.54. The molecule has 4 aromatic rings. The average Bonchev–Trinajstić information content (AvgIpc) is 3.08. The second-order valence-electron chi connectivity index (χ2n) is 6.55. The number of fused-ring (bicyclic) bond motifs is 3. The van der Waals surface area contributed by atoms with Gasteiger partial charge < -0.3 is 5.32 Å². The maximum atomic E-state index is 13.0. The quantitative estimate of drug-likeness (QED) is 0.455. The van der Waals surface area contributed by atoms with Crippen molar-refractivity contribution in [3.05, 3.63) is 69.1 Å². The predicted molar refractivity (Wildman–Crippen MR) is 118 cm³/mol. The molecular weight excluding hydrogens is 438 g/mol. The van der Waals surface area contributed by atoms with E-state index < -0.39 is 0 Å². The molecule has 0 bridgehead atoms. The van der Waals surface area contributed by atoms with E-state index in [4.69, 9.17) is 0 Å². The molecule has 0 aliphatic rings. The van der Waals surface area contributed by atoms with Gasteiger partial charge >= 0.3 is 0 Å². The van der Waals surface area contributed by atoms with Gasteiger partial charge in [-0.2, -0.15) is 5.10 Å². The summed E-state index contributed by atoms with van der Waals surface area (Å²) in [5.74, 6) is -0.0845. The first-order valence-electron chi connectivity index (χ1n) is 8.98. The number of nitrogens with zero attached hydrogens (tertiary/aromatic N) is 2. The monoisotopic (exact) mass is 455 g/mol. The fraction of sp³-hybridized carbons (Fsp3) is 0.190. The Kier molecular flexibility index (Phi) is 5.28. The summed E-state index contributed by atoms with van der Waals surface area (Å²) >= 11 is 5.01. The molecule has 0 atom stereocenters. The normalized spacial score (nSPS) is 11.2. The number of carbonyl (C=O) groups is 1. The number of benzene rings is 2. The molecule has 2 aromatic carbocycles. The highest BCUT2D eigenvalue weighted by molar-refractivity contribution is 9.10. The molecule has 0 fully saturated rings. The lowest BCUT2D eigenvalue weighted by Crippen LogP contribution is -2.24. The number of halogens is 1. The van der Waals surface area contributed by atoms with E-state index in [0.29, 0.717) is 19.4 Å². The van der Waals surface area contributed by atoms with Crippen molar-refractivity contribution in [3.8, 4) is 0 Å². The number of aryl methyl sites for hydroxylation is 2. The van der Waals surface area contributed by atoms with Gasteiger partial charge in [0.1, 0.15) is 0 Å². The summed E-state index contributed by atoms with van der Waals surface area (Å²) in [6.07, 6.45) is 0.854. The van der Waals surface area contributed by atoms with E-state index >= 15 is 0 Å². The van der Waals surface area contributed by atoms with Crippen LogP contribution in [0.3, 0.4) is 0 Å². The molecule has 0 spiro atoms. The van der Waals surface area contributed by atoms with Gasteiger partial charge in [0.25, 0.3) is 5.56 Å². The Morgan fingerprint density at radius 3 is 2.75 bits per heavy atom. The van der Waals surface area contributed by atoms with Crippen molar-refractivity contribution in [2.45, 2.75) is 26.3 Å². The van der Waals surface area contributed by atoms with Crippen LogP contribution >= 0.6 is 27.3 Å². The van der Waals surface area contributed by atoms with Crippen LogP contribution in [0.4, 0.5) is 5.69 Å². The Hall–Kier alpha value is -2.51. The van der Waals surface area contributed by atoms with Crippen LogP contribution in [0.15, 0.2) is 57.8 Å². The van der Waals surface area contributed by atoms with Crippen LogP contribution in [0.25, 0.3) is 20.2 Å². The van der Waals surface area contributed by atoms with Crippen molar-refractivity contribution in [1.29, 1.82) is 0 Å². The van der Waals surface area contributed by atoms with E-state index in [0.717, 1.165) is 36.0 Å². The first-order chi connectivity index (χ1) is 13.5. The molecule has 0 aliphatic carbocycles. The molecule has 28 heavy (non-hydrogen) atoms. The fourth-order valence-corrected chi connectivity index (χ4v) is 4.75. The number of amides is 1. The molecule has 2 heterocycles. The fourth-order valence-electron chi connectivity index (χ4n) is 3.23. The predicted octanol–water partition coefficient (Wildman–Crippen LogP) is 5.10. The molecule has 5 nitrogen and oxygen atoms in total. The summed E-state index contributed by atoms with van der Waals surface area (Å²) in [4.78, 5) is 25.2. The number of carbonyl (C=O) groups excluding carboxylic acids is 1. The van der Waals surface area contributed by atoms with Crippen LogP contribution < -0.4 is 10.9 Å². The molecule has 0 saturated heterocycles. The lowest BCUT2D eigenvalue weighted by atomic mass is 10.2. The third-order valence-electron chi connectivity index (χ3n) is 4.56. The first-order valence-corrected chi connectivity index (χ1v) is 10.6. The molecule has 0 saturated carbocycles. The van der Waals surface area contributed by atoms with Gasteiger partial charge in [-0.1, -0.05) is 30.3 Å². The van der Waals surface area contributed by atoms with Gasteiger partial charge in [-0.3, -0.25) is 9.59 Å². The number of hydrogen-bond donors (Lipinski definition) is 1. The van der Waals surface area contributed by atoms with Crippen molar-refractivity contribution >= 4 is 59.0 Å². The minimum atomic E-state index is -0.0933. The number of hydrogen-bond acceptors (Lipinski definition) is 4. The first kappa shape index (κ1) is 18.8. The summed E-state index contributed by atoms with van der Waals surface area (Å²) in [7, 11) is 0. The molecule has 1 N–H and O–H groups in total. The van der Waals surface area contributed by atoms with Crippen molar-refractivity contribution in [3.63, 3.8) is 0 Å². The van der Waals surface area contributed by atoms with E-state index in [2.05, 4.69) is 26.3 Å². The topological polar surface area (TPSA) is 64.0 Å². The minimum Gasteiger partial charge on any atom is -0.325 e. The molecule has 0 unspecified atom stereocenters. The molecule has 1 amide bonds. The van der Waals surface area contributed by atoms with Crippen LogP contribution in [0.5, 0.6) is 0 Å². The lowest BCUT2D eigenvalue weighted by Gasteiger charge is -2.08. The largest absolute Gasteiger partial charge is 0.325 e. The maximum Gasteiger partial charge on any atom is 0.276 e. The Bertz CT molecular complexity index is 1250. The SMILES string of the molecule is Cc1nn(CCCC(=O)Nc2ccccc2Br)c(=O)c2c1sc1ccccc12. The maximum absolute atomic E-state index is 13.0. The molecular formula is C21H18BrN3O2S. The van der Waals surface area contributed by atoms with Crippen molar-refractivity contribution in [2.75, 3.05) is 5.32 Å². The van der Waals surface area contributed by atoms with Gasteiger partial charge in [0, 0.05) is 27.5 Å². The number of rotatable bonds is 5. The minimum absolute atomic E-state index is 0.0845. The van der Waals surface area contributed by atoms with Gasteiger partial charge in [-0.15, -0.1) is 11.3 Å².